The summed E-state index contributed by atoms with van der Waals surface area (Å²) in [6, 6.07) is 14.2. The van der Waals surface area contributed by atoms with Crippen molar-refractivity contribution in [3.8, 4) is 0 Å². The summed E-state index contributed by atoms with van der Waals surface area (Å²) in [5, 5.41) is 17.7. The first kappa shape index (κ1) is 34.1. The fourth-order valence-corrected chi connectivity index (χ4v) is 7.89. The zero-order chi connectivity index (χ0) is 34.8. The van der Waals surface area contributed by atoms with E-state index in [0.29, 0.717) is 37.6 Å². The van der Waals surface area contributed by atoms with Crippen LogP contribution in [0.25, 0.3) is 0 Å². The number of aromatic nitrogens is 2. The van der Waals surface area contributed by atoms with Crippen LogP contribution < -0.4 is 15.5 Å². The molecule has 2 unspecified atom stereocenters. The van der Waals surface area contributed by atoms with Gasteiger partial charge >= 0.3 is 0 Å². The normalized spacial score (nSPS) is 22.1. The van der Waals surface area contributed by atoms with Gasteiger partial charge in [-0.15, -0.1) is 0 Å². The topological polar surface area (TPSA) is 131 Å². The second-order valence-electron chi connectivity index (χ2n) is 14.8. The molecule has 7 rings (SSSR count). The summed E-state index contributed by atoms with van der Waals surface area (Å²) < 4.78 is 0. The maximum atomic E-state index is 12.5. The van der Waals surface area contributed by atoms with E-state index in [9.17, 15) is 19.5 Å². The molecule has 2 aromatic carbocycles. The number of nitrogens with zero attached hydrogens (tertiary/aromatic N) is 5. The smallest absolute Gasteiger partial charge is 0.249 e. The van der Waals surface area contributed by atoms with E-state index in [2.05, 4.69) is 54.7 Å². The van der Waals surface area contributed by atoms with E-state index in [-0.39, 0.29) is 12.3 Å². The van der Waals surface area contributed by atoms with E-state index in [1.807, 2.05) is 44.4 Å². The number of amides is 3. The van der Waals surface area contributed by atoms with Crippen LogP contribution in [0.1, 0.15) is 98.1 Å². The van der Waals surface area contributed by atoms with Crippen LogP contribution in [-0.4, -0.2) is 81.4 Å². The molecule has 1 saturated carbocycles. The summed E-state index contributed by atoms with van der Waals surface area (Å²) in [5.74, 6) is 0.657. The molecule has 3 amide bonds. The number of piperidine rings is 3. The predicted octanol–water partition coefficient (Wildman–Crippen LogP) is 4.55. The Morgan fingerprint density at radius 2 is 1.70 bits per heavy atom. The van der Waals surface area contributed by atoms with Gasteiger partial charge in [-0.3, -0.25) is 24.6 Å². The molecule has 0 radical (unpaired) electrons. The zero-order valence-corrected chi connectivity index (χ0v) is 29.2. The van der Waals surface area contributed by atoms with Gasteiger partial charge in [-0.05, 0) is 105 Å². The fraction of sp³-hybridized carbons (Fsp3) is 0.513. The van der Waals surface area contributed by atoms with Gasteiger partial charge in [0.05, 0.1) is 11.6 Å². The van der Waals surface area contributed by atoms with Crippen LogP contribution in [0.2, 0.25) is 0 Å². The summed E-state index contributed by atoms with van der Waals surface area (Å²) in [5.41, 5.74) is 5.50. The molecule has 3 aliphatic heterocycles. The Hall–Kier alpha value is -4.35. The molecule has 1 aliphatic carbocycles. The number of carbonyl (C=O) groups excluding carboxylic acids is 3. The Bertz CT molecular complexity index is 1680. The van der Waals surface area contributed by atoms with E-state index >= 15 is 0 Å². The van der Waals surface area contributed by atoms with Crippen molar-refractivity contribution < 1.29 is 19.5 Å². The average molecular weight is 680 g/mol. The summed E-state index contributed by atoms with van der Waals surface area (Å²) in [6.07, 6.45) is 11.0. The molecular weight excluding hydrogens is 630 g/mol. The van der Waals surface area contributed by atoms with Crippen LogP contribution in [0.3, 0.4) is 0 Å². The number of carbonyl (C=O) groups is 3. The van der Waals surface area contributed by atoms with E-state index in [1.165, 1.54) is 34.6 Å². The first-order valence-electron chi connectivity index (χ1n) is 18.2. The molecule has 264 valence electrons. The molecule has 1 aromatic heterocycles. The highest BCUT2D eigenvalue weighted by Gasteiger charge is 2.37. The lowest BCUT2D eigenvalue weighted by Gasteiger charge is -2.40. The monoisotopic (exact) mass is 679 g/mol. The Balaban J connectivity index is 0.903. The van der Waals surface area contributed by atoms with Gasteiger partial charge in [0.2, 0.25) is 24.2 Å². The summed E-state index contributed by atoms with van der Waals surface area (Å²) in [7, 11) is 0. The molecule has 50 heavy (non-hydrogen) atoms. The van der Waals surface area contributed by atoms with Crippen LogP contribution in [0.15, 0.2) is 54.9 Å². The molecular formula is C39H49N7O4. The summed E-state index contributed by atoms with van der Waals surface area (Å²) in [4.78, 5) is 51.8. The minimum absolute atomic E-state index is 0.205. The van der Waals surface area contributed by atoms with Gasteiger partial charge in [-0.25, -0.2) is 9.97 Å². The third kappa shape index (κ3) is 7.54. The Morgan fingerprint density at radius 3 is 2.34 bits per heavy atom. The third-order valence-electron chi connectivity index (χ3n) is 11.3. The number of anilines is 2. The Labute approximate surface area is 294 Å². The van der Waals surface area contributed by atoms with Gasteiger partial charge in [-0.1, -0.05) is 30.3 Å². The number of benzene rings is 2. The second kappa shape index (κ2) is 14.5. The Kier molecular flexibility index (Phi) is 9.88. The second-order valence-corrected chi connectivity index (χ2v) is 14.8. The quantitative estimate of drug-likeness (QED) is 0.197. The third-order valence-corrected chi connectivity index (χ3v) is 11.3. The highest BCUT2D eigenvalue weighted by atomic mass is 16.3. The van der Waals surface area contributed by atoms with Crippen molar-refractivity contribution in [1.29, 1.82) is 0 Å². The summed E-state index contributed by atoms with van der Waals surface area (Å²) in [6.45, 7) is 8.22. The van der Waals surface area contributed by atoms with Crippen molar-refractivity contribution in [2.45, 2.75) is 101 Å². The number of nitrogens with one attached hydrogen (secondary N) is 2. The van der Waals surface area contributed by atoms with E-state index in [1.54, 1.807) is 0 Å². The lowest BCUT2D eigenvalue weighted by molar-refractivity contribution is -0.142. The molecule has 11 heteroatoms. The van der Waals surface area contributed by atoms with Gasteiger partial charge in [0, 0.05) is 63.3 Å². The lowest BCUT2D eigenvalue weighted by atomic mass is 9.82. The first-order chi connectivity index (χ1) is 24.2. The number of rotatable bonds is 11. The molecule has 11 nitrogen and oxygen atoms in total. The number of aryl methyl sites for hydroxylation is 1. The maximum absolute atomic E-state index is 12.5. The predicted molar refractivity (Wildman–Crippen MR) is 191 cm³/mol. The minimum atomic E-state index is -0.976. The molecule has 4 heterocycles. The highest BCUT2D eigenvalue weighted by molar-refractivity contribution is 6.00. The van der Waals surface area contributed by atoms with Gasteiger partial charge in [-0.2, -0.15) is 0 Å². The molecule has 4 fully saturated rings. The number of hydrogen-bond acceptors (Lipinski definition) is 9. The van der Waals surface area contributed by atoms with Gasteiger partial charge in [0.25, 0.3) is 0 Å². The first-order valence-corrected chi connectivity index (χ1v) is 18.2. The minimum Gasteiger partial charge on any atom is -0.385 e. The number of hydrogen-bond donors (Lipinski definition) is 3. The van der Waals surface area contributed by atoms with Gasteiger partial charge in [0.1, 0.15) is 6.04 Å². The number of likely N-dealkylation sites (tertiary alicyclic amines) is 1. The van der Waals surface area contributed by atoms with Crippen molar-refractivity contribution in [1.82, 2.24) is 25.1 Å². The molecule has 4 aliphatic rings. The van der Waals surface area contributed by atoms with Crippen LogP contribution in [0.5, 0.6) is 0 Å². The fourth-order valence-electron chi connectivity index (χ4n) is 7.89. The highest BCUT2D eigenvalue weighted by Crippen LogP contribution is 2.39. The van der Waals surface area contributed by atoms with Gasteiger partial charge in [0.15, 0.2) is 0 Å². The molecule has 2 atom stereocenters. The maximum Gasteiger partial charge on any atom is 0.249 e. The lowest BCUT2D eigenvalue weighted by Crippen LogP contribution is -2.52. The van der Waals surface area contributed by atoms with E-state index < -0.39 is 23.6 Å². The zero-order valence-electron chi connectivity index (χ0n) is 29.2. The van der Waals surface area contributed by atoms with Crippen LogP contribution in [-0.2, 0) is 26.5 Å². The molecule has 3 N–H and O–H groups in total. The van der Waals surface area contributed by atoms with Crippen molar-refractivity contribution in [3.63, 3.8) is 0 Å². The molecule has 3 aromatic rings. The van der Waals surface area contributed by atoms with Crippen LogP contribution in [0.4, 0.5) is 11.6 Å². The molecule has 3 saturated heterocycles. The summed E-state index contributed by atoms with van der Waals surface area (Å²) >= 11 is 0. The van der Waals surface area contributed by atoms with Gasteiger partial charge < -0.3 is 20.2 Å². The Morgan fingerprint density at radius 1 is 1.00 bits per heavy atom. The van der Waals surface area contributed by atoms with Crippen molar-refractivity contribution >= 4 is 29.9 Å². The largest absolute Gasteiger partial charge is 0.385 e. The number of aliphatic hydroxyl groups is 1. The van der Waals surface area contributed by atoms with Crippen molar-refractivity contribution in [2.24, 2.45) is 0 Å². The van der Waals surface area contributed by atoms with Crippen LogP contribution in [0, 0.1) is 6.92 Å². The molecule has 0 spiro atoms. The van der Waals surface area contributed by atoms with Crippen molar-refractivity contribution in [2.75, 3.05) is 36.4 Å². The SMILES string of the molecule is Cc1ccc(C2(O)CCN(Cc3ccc(N4CCC(Nc5ncc(C6CC6)cn5)CC4)cc3)CC2)cc1C(C)N(C=O)C1CCC(=O)NC1=O. The molecule has 0 bridgehead atoms. The number of imide groups is 1. The standard InChI is InChI=1S/C39H49N7O4/c1-26-3-8-31(21-34(26)27(2)46(25-47)35-11-12-36(48)43-37(35)49)39(50)15-19-44(20-16-39)24-28-4-9-33(10-5-28)45-17-13-32(14-18-45)42-38-40-22-30(23-41-38)29-6-7-29/h3-5,8-10,21-23,25,27,29,32,35,50H,6-7,11-20,24H2,1-2H3,(H,40,41,42)(H,43,48,49). The van der Waals surface area contributed by atoms with E-state index in [0.717, 1.165) is 68.2 Å². The van der Waals surface area contributed by atoms with Crippen molar-refractivity contribution in [3.05, 3.63) is 82.7 Å². The average Bonchev–Trinajstić information content (AvgIpc) is 3.98. The van der Waals surface area contributed by atoms with Crippen LogP contribution >= 0.6 is 0 Å². The van der Waals surface area contributed by atoms with E-state index in [4.69, 9.17) is 0 Å².